The summed E-state index contributed by atoms with van der Waals surface area (Å²) in [5, 5.41) is 2.92. The molecule has 0 aliphatic carbocycles. The van der Waals surface area contributed by atoms with Gasteiger partial charge in [-0.15, -0.1) is 0 Å². The molecule has 2 aromatic carbocycles. The van der Waals surface area contributed by atoms with Gasteiger partial charge in [-0.3, -0.25) is 4.79 Å². The highest BCUT2D eigenvalue weighted by Crippen LogP contribution is 2.23. The lowest BCUT2D eigenvalue weighted by molar-refractivity contribution is 0.0825. The summed E-state index contributed by atoms with van der Waals surface area (Å²) in [6, 6.07) is 13.3. The Morgan fingerprint density at radius 2 is 1.96 bits per heavy atom. The van der Waals surface area contributed by atoms with Crippen molar-refractivity contribution < 1.29 is 14.3 Å². The van der Waals surface area contributed by atoms with Crippen LogP contribution in [0.15, 0.2) is 46.9 Å². The number of ether oxygens (including phenoxy) is 2. The van der Waals surface area contributed by atoms with Gasteiger partial charge >= 0.3 is 0 Å². The normalized spacial score (nSPS) is 11.8. The summed E-state index contributed by atoms with van der Waals surface area (Å²) in [7, 11) is 3.22. The van der Waals surface area contributed by atoms with Crippen molar-refractivity contribution in [2.75, 3.05) is 20.8 Å². The van der Waals surface area contributed by atoms with Crippen molar-refractivity contribution >= 4 is 21.8 Å². The van der Waals surface area contributed by atoms with Crippen LogP contribution in [0, 0.1) is 6.92 Å². The Morgan fingerprint density at radius 3 is 2.61 bits per heavy atom. The van der Waals surface area contributed by atoms with E-state index >= 15 is 0 Å². The van der Waals surface area contributed by atoms with Crippen LogP contribution in [0.4, 0.5) is 0 Å². The van der Waals surface area contributed by atoms with Crippen molar-refractivity contribution in [2.24, 2.45) is 0 Å². The number of methoxy groups -OCH3 is 2. The van der Waals surface area contributed by atoms with E-state index in [0.29, 0.717) is 17.9 Å². The molecule has 1 N–H and O–H groups in total. The molecule has 0 radical (unpaired) electrons. The second-order valence-electron chi connectivity index (χ2n) is 5.14. The summed E-state index contributed by atoms with van der Waals surface area (Å²) < 4.78 is 11.4. The van der Waals surface area contributed by atoms with Crippen molar-refractivity contribution in [3.05, 3.63) is 63.6 Å². The van der Waals surface area contributed by atoms with E-state index in [0.717, 1.165) is 15.6 Å². The fraction of sp³-hybridized carbons (Fsp3) is 0.278. The molecule has 1 unspecified atom stereocenters. The molecule has 4 nitrogen and oxygen atoms in total. The van der Waals surface area contributed by atoms with E-state index in [1.54, 1.807) is 32.4 Å². The summed E-state index contributed by atoms with van der Waals surface area (Å²) in [6.07, 6.45) is -0.190. The number of carbonyl (C=O) groups is 1. The molecule has 0 aliphatic rings. The Balaban J connectivity index is 2.10. The monoisotopic (exact) mass is 377 g/mol. The van der Waals surface area contributed by atoms with Gasteiger partial charge in [0.15, 0.2) is 0 Å². The predicted molar refractivity (Wildman–Crippen MR) is 94.0 cm³/mol. The lowest BCUT2D eigenvalue weighted by Gasteiger charge is -2.19. The van der Waals surface area contributed by atoms with Crippen molar-refractivity contribution in [3.63, 3.8) is 0 Å². The zero-order valence-electron chi connectivity index (χ0n) is 13.4. The van der Waals surface area contributed by atoms with E-state index in [-0.39, 0.29) is 12.0 Å². The molecule has 1 atom stereocenters. The third-order valence-corrected chi connectivity index (χ3v) is 4.38. The number of hydrogen-bond donors (Lipinski definition) is 1. The molecule has 0 aromatic heterocycles. The molecule has 0 fully saturated rings. The largest absolute Gasteiger partial charge is 0.497 e. The van der Waals surface area contributed by atoms with Gasteiger partial charge in [0.1, 0.15) is 5.75 Å². The SMILES string of the molecule is COc1ccc(Br)c(C(=O)NCC(OC)c2ccccc2C)c1. The van der Waals surface area contributed by atoms with Gasteiger partial charge in [0.2, 0.25) is 0 Å². The average Bonchev–Trinajstić information content (AvgIpc) is 2.57. The first-order valence-corrected chi connectivity index (χ1v) is 8.06. The standard InChI is InChI=1S/C18H20BrNO3/c1-12-6-4-5-7-14(12)17(23-3)11-20-18(21)15-10-13(22-2)8-9-16(15)19/h4-10,17H,11H2,1-3H3,(H,20,21). The van der Waals surface area contributed by atoms with Gasteiger partial charge in [-0.25, -0.2) is 0 Å². The molecular formula is C18H20BrNO3. The number of benzene rings is 2. The third kappa shape index (κ3) is 4.33. The van der Waals surface area contributed by atoms with E-state index in [1.165, 1.54) is 0 Å². The van der Waals surface area contributed by atoms with Gasteiger partial charge in [-0.2, -0.15) is 0 Å². The smallest absolute Gasteiger partial charge is 0.252 e. The second kappa shape index (κ2) is 8.13. The summed E-state index contributed by atoms with van der Waals surface area (Å²) in [4.78, 5) is 12.4. The number of carbonyl (C=O) groups excluding carboxylic acids is 1. The Bertz CT molecular complexity index is 688. The Morgan fingerprint density at radius 1 is 1.22 bits per heavy atom. The van der Waals surface area contributed by atoms with Gasteiger partial charge < -0.3 is 14.8 Å². The average molecular weight is 378 g/mol. The highest BCUT2D eigenvalue weighted by Gasteiger charge is 2.16. The van der Waals surface area contributed by atoms with Crippen LogP contribution in [-0.4, -0.2) is 26.7 Å². The van der Waals surface area contributed by atoms with Crippen molar-refractivity contribution in [1.29, 1.82) is 0 Å². The fourth-order valence-electron chi connectivity index (χ4n) is 2.35. The molecule has 122 valence electrons. The van der Waals surface area contributed by atoms with Crippen LogP contribution >= 0.6 is 15.9 Å². The summed E-state index contributed by atoms with van der Waals surface area (Å²) >= 11 is 3.39. The molecule has 0 spiro atoms. The van der Waals surface area contributed by atoms with Crippen LogP contribution in [0.25, 0.3) is 0 Å². The summed E-state index contributed by atoms with van der Waals surface area (Å²) in [6.45, 7) is 2.42. The summed E-state index contributed by atoms with van der Waals surface area (Å²) in [5.74, 6) is 0.465. The molecule has 2 rings (SSSR count). The number of amides is 1. The molecular weight excluding hydrogens is 358 g/mol. The number of nitrogens with one attached hydrogen (secondary N) is 1. The van der Waals surface area contributed by atoms with Crippen LogP contribution in [0.1, 0.15) is 27.6 Å². The molecule has 0 bridgehead atoms. The van der Waals surface area contributed by atoms with Gasteiger partial charge in [0, 0.05) is 18.1 Å². The lowest BCUT2D eigenvalue weighted by atomic mass is 10.0. The molecule has 0 heterocycles. The van der Waals surface area contributed by atoms with Crippen LogP contribution in [0.5, 0.6) is 5.75 Å². The summed E-state index contributed by atoms with van der Waals surface area (Å²) in [5.41, 5.74) is 2.74. The molecule has 23 heavy (non-hydrogen) atoms. The van der Waals surface area contributed by atoms with Gasteiger partial charge in [0.25, 0.3) is 5.91 Å². The van der Waals surface area contributed by atoms with Gasteiger partial charge in [0.05, 0.1) is 18.8 Å². The first kappa shape index (κ1) is 17.5. The Labute approximate surface area is 144 Å². The highest BCUT2D eigenvalue weighted by molar-refractivity contribution is 9.10. The van der Waals surface area contributed by atoms with Crippen LogP contribution in [0.3, 0.4) is 0 Å². The predicted octanol–water partition coefficient (Wildman–Crippen LogP) is 3.88. The maximum absolute atomic E-state index is 12.4. The minimum atomic E-state index is -0.190. The molecule has 2 aromatic rings. The van der Waals surface area contributed by atoms with Gasteiger partial charge in [-0.1, -0.05) is 24.3 Å². The first-order valence-electron chi connectivity index (χ1n) is 7.27. The number of halogens is 1. The molecule has 0 aliphatic heterocycles. The zero-order valence-corrected chi connectivity index (χ0v) is 15.0. The highest BCUT2D eigenvalue weighted by atomic mass is 79.9. The van der Waals surface area contributed by atoms with Crippen LogP contribution in [0.2, 0.25) is 0 Å². The van der Waals surface area contributed by atoms with Crippen LogP contribution in [-0.2, 0) is 4.74 Å². The number of hydrogen-bond acceptors (Lipinski definition) is 3. The maximum atomic E-state index is 12.4. The minimum Gasteiger partial charge on any atom is -0.497 e. The molecule has 1 amide bonds. The molecule has 0 saturated heterocycles. The second-order valence-corrected chi connectivity index (χ2v) is 5.99. The van der Waals surface area contributed by atoms with E-state index in [9.17, 15) is 4.79 Å². The number of rotatable bonds is 6. The van der Waals surface area contributed by atoms with E-state index < -0.39 is 0 Å². The Kier molecular flexibility index (Phi) is 6.19. The minimum absolute atomic E-state index is 0.175. The fourth-order valence-corrected chi connectivity index (χ4v) is 2.78. The van der Waals surface area contributed by atoms with E-state index in [2.05, 4.69) is 21.2 Å². The van der Waals surface area contributed by atoms with Crippen molar-refractivity contribution in [3.8, 4) is 5.75 Å². The van der Waals surface area contributed by atoms with E-state index in [4.69, 9.17) is 9.47 Å². The molecule has 0 saturated carbocycles. The quantitative estimate of drug-likeness (QED) is 0.830. The lowest BCUT2D eigenvalue weighted by Crippen LogP contribution is -2.29. The zero-order chi connectivity index (χ0) is 16.8. The maximum Gasteiger partial charge on any atom is 0.252 e. The molecule has 5 heteroatoms. The van der Waals surface area contributed by atoms with Gasteiger partial charge in [-0.05, 0) is 52.2 Å². The number of aryl methyl sites for hydroxylation is 1. The third-order valence-electron chi connectivity index (χ3n) is 3.69. The van der Waals surface area contributed by atoms with Crippen molar-refractivity contribution in [1.82, 2.24) is 5.32 Å². The topological polar surface area (TPSA) is 47.6 Å². The van der Waals surface area contributed by atoms with E-state index in [1.807, 2.05) is 31.2 Å². The van der Waals surface area contributed by atoms with Crippen LogP contribution < -0.4 is 10.1 Å². The van der Waals surface area contributed by atoms with Crippen molar-refractivity contribution in [2.45, 2.75) is 13.0 Å². The first-order chi connectivity index (χ1) is 11.1. The Hall–Kier alpha value is -1.85.